The second kappa shape index (κ2) is 8.09. The summed E-state index contributed by atoms with van der Waals surface area (Å²) in [6.07, 6.45) is 1.65. The Morgan fingerprint density at radius 2 is 1.71 bits per heavy atom. The van der Waals surface area contributed by atoms with Gasteiger partial charge in [-0.2, -0.15) is 0 Å². The van der Waals surface area contributed by atoms with Crippen LogP contribution in [0.4, 0.5) is 11.4 Å². The Labute approximate surface area is 192 Å². The van der Waals surface area contributed by atoms with Gasteiger partial charge in [-0.05, 0) is 73.8 Å². The van der Waals surface area contributed by atoms with E-state index in [0.717, 1.165) is 0 Å². The summed E-state index contributed by atoms with van der Waals surface area (Å²) in [4.78, 5) is 35.9. The number of carbonyl (C=O) groups excluding carboxylic acids is 2. The van der Waals surface area contributed by atoms with Gasteiger partial charge < -0.3 is 10.4 Å². The van der Waals surface area contributed by atoms with Gasteiger partial charge in [-0.1, -0.05) is 12.1 Å². The van der Waals surface area contributed by atoms with Crippen molar-refractivity contribution >= 4 is 66.6 Å². The summed E-state index contributed by atoms with van der Waals surface area (Å²) >= 11 is 6.53. The zero-order chi connectivity index (χ0) is 22.3. The number of nitrogens with one attached hydrogen (secondary N) is 1. The van der Waals surface area contributed by atoms with Crippen molar-refractivity contribution in [1.29, 1.82) is 0 Å². The summed E-state index contributed by atoms with van der Waals surface area (Å²) < 4.78 is 0.920. The lowest BCUT2D eigenvalue weighted by atomic mass is 9.97. The zero-order valence-electron chi connectivity index (χ0n) is 15.6. The summed E-state index contributed by atoms with van der Waals surface area (Å²) in [6, 6.07) is 13.6. The molecule has 1 heterocycles. The third kappa shape index (κ3) is 4.01. The van der Waals surface area contributed by atoms with Gasteiger partial charge in [-0.15, -0.1) is 0 Å². The molecule has 0 aliphatic carbocycles. The van der Waals surface area contributed by atoms with Crippen molar-refractivity contribution in [2.45, 2.75) is 0 Å². The predicted octanol–water partition coefficient (Wildman–Crippen LogP) is 5.55. The van der Waals surface area contributed by atoms with Crippen LogP contribution in [-0.2, 0) is 4.79 Å². The first-order valence-electron chi connectivity index (χ1n) is 8.89. The number of fused-ring (bicyclic) bond motifs is 1. The molecule has 0 saturated heterocycles. The van der Waals surface area contributed by atoms with E-state index in [-0.39, 0.29) is 28.7 Å². The number of amides is 1. The fraction of sp³-hybridized carbons (Fsp3) is 0. The van der Waals surface area contributed by atoms with Gasteiger partial charge in [0.15, 0.2) is 5.78 Å². The Morgan fingerprint density at radius 3 is 2.39 bits per heavy atom. The van der Waals surface area contributed by atoms with Crippen molar-refractivity contribution in [3.63, 3.8) is 0 Å². The molecule has 0 radical (unpaired) electrons. The second-order valence-corrected chi connectivity index (χ2v) is 8.45. The lowest BCUT2D eigenvalue weighted by molar-refractivity contribution is -0.384. The van der Waals surface area contributed by atoms with E-state index in [1.807, 2.05) is 0 Å². The van der Waals surface area contributed by atoms with Crippen LogP contribution in [0, 0.1) is 10.1 Å². The van der Waals surface area contributed by atoms with Gasteiger partial charge in [-0.3, -0.25) is 19.7 Å². The van der Waals surface area contributed by atoms with Gasteiger partial charge in [0.1, 0.15) is 5.75 Å². The molecule has 0 unspecified atom stereocenters. The lowest BCUT2D eigenvalue weighted by Gasteiger charge is -2.06. The van der Waals surface area contributed by atoms with Crippen LogP contribution in [0.1, 0.15) is 27.0 Å². The Bertz CT molecular complexity index is 1290. The highest BCUT2D eigenvalue weighted by Gasteiger charge is 2.26. The highest BCUT2D eigenvalue weighted by atomic mass is 79.9. The molecule has 0 saturated carbocycles. The Kier molecular flexibility index (Phi) is 5.47. The molecule has 7 nitrogen and oxygen atoms in total. The number of phenolic OH excluding ortho intramolecular Hbond substituents is 1. The summed E-state index contributed by atoms with van der Waals surface area (Å²) in [6.45, 7) is 0. The maximum absolute atomic E-state index is 12.9. The smallest absolute Gasteiger partial charge is 0.270 e. The average molecular weight is 544 g/mol. The Hall–Kier alpha value is -3.30. The second-order valence-electron chi connectivity index (χ2n) is 6.74. The van der Waals surface area contributed by atoms with E-state index in [1.165, 1.54) is 24.3 Å². The molecule has 31 heavy (non-hydrogen) atoms. The molecule has 0 fully saturated rings. The van der Waals surface area contributed by atoms with Gasteiger partial charge in [-0.25, -0.2) is 0 Å². The number of halogens is 2. The molecule has 1 aliphatic heterocycles. The molecule has 0 aromatic heterocycles. The summed E-state index contributed by atoms with van der Waals surface area (Å²) in [5.41, 5.74) is 2.43. The number of benzene rings is 3. The molecule has 3 aromatic rings. The quantitative estimate of drug-likeness (QED) is 0.194. The van der Waals surface area contributed by atoms with Crippen LogP contribution in [0.25, 0.3) is 11.6 Å². The molecular weight excluding hydrogens is 532 g/mol. The first-order valence-corrected chi connectivity index (χ1v) is 10.5. The van der Waals surface area contributed by atoms with Crippen LogP contribution in [0.15, 0.2) is 63.5 Å². The minimum Gasteiger partial charge on any atom is -0.506 e. The SMILES string of the molecule is O=C1Nc2ccc(C(=O)c3cccc([N+](=O)[O-])c3)cc2/C1=C/c1cc(Br)c(O)c(Br)c1. The predicted molar refractivity (Wildman–Crippen MR) is 123 cm³/mol. The number of nitro groups is 1. The van der Waals surface area contributed by atoms with Gasteiger partial charge in [0.05, 0.1) is 13.9 Å². The molecule has 4 rings (SSSR count). The molecule has 2 N–H and O–H groups in total. The third-order valence-corrected chi connectivity index (χ3v) is 5.94. The van der Waals surface area contributed by atoms with Gasteiger partial charge in [0, 0.05) is 40.1 Å². The Morgan fingerprint density at radius 1 is 1.03 bits per heavy atom. The van der Waals surface area contributed by atoms with E-state index < -0.39 is 4.92 Å². The number of aromatic hydroxyl groups is 1. The normalized spacial score (nSPS) is 13.7. The number of nitro benzene ring substituents is 1. The maximum atomic E-state index is 12.9. The zero-order valence-corrected chi connectivity index (χ0v) is 18.7. The topological polar surface area (TPSA) is 110 Å². The molecular formula is C22H12Br2N2O5. The van der Waals surface area contributed by atoms with Crippen LogP contribution >= 0.6 is 31.9 Å². The van der Waals surface area contributed by atoms with Crippen LogP contribution in [0.5, 0.6) is 5.75 Å². The first kappa shape index (κ1) is 21.0. The standard InChI is InChI=1S/C22H12Br2N2O5/c23-17-7-11(8-18(24)21(17)28)6-16-15-10-13(4-5-19(15)25-22(16)29)20(27)12-2-1-3-14(9-12)26(30)31/h1-10,28H,(H,25,29)/b16-6-. The largest absolute Gasteiger partial charge is 0.506 e. The minimum absolute atomic E-state index is 0.0447. The molecule has 1 amide bonds. The summed E-state index contributed by atoms with van der Waals surface area (Å²) in [5, 5.41) is 23.7. The number of nitrogens with zero attached hydrogens (tertiary/aromatic N) is 1. The number of carbonyl (C=O) groups is 2. The van der Waals surface area contributed by atoms with Crippen LogP contribution < -0.4 is 5.32 Å². The van der Waals surface area contributed by atoms with Gasteiger partial charge >= 0.3 is 0 Å². The molecule has 0 bridgehead atoms. The van der Waals surface area contributed by atoms with E-state index in [0.29, 0.717) is 36.9 Å². The van der Waals surface area contributed by atoms with Crippen molar-refractivity contribution in [2.75, 3.05) is 5.32 Å². The van der Waals surface area contributed by atoms with Crippen molar-refractivity contribution in [3.05, 3.63) is 95.9 Å². The molecule has 1 aliphatic rings. The fourth-order valence-corrected chi connectivity index (χ4v) is 4.46. The number of phenols is 1. The summed E-state index contributed by atoms with van der Waals surface area (Å²) in [5.74, 6) is -0.668. The summed E-state index contributed by atoms with van der Waals surface area (Å²) in [7, 11) is 0. The molecule has 0 spiro atoms. The number of hydrogen-bond donors (Lipinski definition) is 2. The van der Waals surface area contributed by atoms with Crippen molar-refractivity contribution < 1.29 is 19.6 Å². The third-order valence-electron chi connectivity index (χ3n) is 4.73. The number of anilines is 1. The first-order chi connectivity index (χ1) is 14.7. The van der Waals surface area contributed by atoms with Crippen molar-refractivity contribution in [2.24, 2.45) is 0 Å². The van der Waals surface area contributed by atoms with Crippen LogP contribution in [0.3, 0.4) is 0 Å². The highest BCUT2D eigenvalue weighted by molar-refractivity contribution is 9.11. The number of rotatable bonds is 4. The van der Waals surface area contributed by atoms with E-state index in [2.05, 4.69) is 37.2 Å². The molecule has 154 valence electrons. The number of non-ortho nitro benzene ring substituents is 1. The average Bonchev–Trinajstić information content (AvgIpc) is 3.05. The van der Waals surface area contributed by atoms with Crippen molar-refractivity contribution in [3.8, 4) is 5.75 Å². The fourth-order valence-electron chi connectivity index (χ4n) is 3.24. The molecule has 0 atom stereocenters. The number of ketones is 1. The van der Waals surface area contributed by atoms with E-state index in [1.54, 1.807) is 36.4 Å². The van der Waals surface area contributed by atoms with E-state index in [9.17, 15) is 24.8 Å². The van der Waals surface area contributed by atoms with Gasteiger partial charge in [0.25, 0.3) is 11.6 Å². The number of hydrogen-bond acceptors (Lipinski definition) is 5. The van der Waals surface area contributed by atoms with E-state index >= 15 is 0 Å². The molecule has 9 heteroatoms. The van der Waals surface area contributed by atoms with E-state index in [4.69, 9.17) is 0 Å². The van der Waals surface area contributed by atoms with Crippen molar-refractivity contribution in [1.82, 2.24) is 0 Å². The lowest BCUT2D eigenvalue weighted by Crippen LogP contribution is -2.03. The Balaban J connectivity index is 1.75. The maximum Gasteiger partial charge on any atom is 0.270 e. The monoisotopic (exact) mass is 542 g/mol. The minimum atomic E-state index is -0.559. The highest BCUT2D eigenvalue weighted by Crippen LogP contribution is 2.37. The van der Waals surface area contributed by atoms with Gasteiger partial charge in [0.2, 0.25) is 0 Å². The van der Waals surface area contributed by atoms with Crippen LogP contribution in [-0.4, -0.2) is 21.7 Å². The van der Waals surface area contributed by atoms with Crippen LogP contribution in [0.2, 0.25) is 0 Å². The molecule has 3 aromatic carbocycles.